The summed E-state index contributed by atoms with van der Waals surface area (Å²) in [7, 11) is 0. The number of halogens is 1. The molecule has 106 valence electrons. The summed E-state index contributed by atoms with van der Waals surface area (Å²) < 4.78 is 0. The molecule has 1 aliphatic rings. The highest BCUT2D eigenvalue weighted by atomic mass is 35.5. The van der Waals surface area contributed by atoms with Crippen LogP contribution in [0.3, 0.4) is 0 Å². The van der Waals surface area contributed by atoms with E-state index in [2.05, 4.69) is 11.8 Å². The fourth-order valence-electron chi connectivity index (χ4n) is 2.89. The van der Waals surface area contributed by atoms with Crippen molar-refractivity contribution < 1.29 is 5.11 Å². The van der Waals surface area contributed by atoms with E-state index in [1.807, 2.05) is 12.1 Å². The fourth-order valence-corrected chi connectivity index (χ4v) is 3.09. The van der Waals surface area contributed by atoms with E-state index in [4.69, 9.17) is 17.3 Å². The van der Waals surface area contributed by atoms with Crippen LogP contribution in [-0.2, 0) is 6.54 Å². The number of hydrogen-bond donors (Lipinski definition) is 2. The van der Waals surface area contributed by atoms with Gasteiger partial charge in [0.2, 0.25) is 0 Å². The number of hydrogen-bond acceptors (Lipinski definition) is 3. The van der Waals surface area contributed by atoms with Gasteiger partial charge >= 0.3 is 0 Å². The van der Waals surface area contributed by atoms with E-state index in [1.165, 1.54) is 19.3 Å². The monoisotopic (exact) mass is 282 g/mol. The quantitative estimate of drug-likeness (QED) is 0.893. The van der Waals surface area contributed by atoms with Crippen molar-refractivity contribution in [1.82, 2.24) is 4.90 Å². The molecule has 0 aliphatic carbocycles. The third-order valence-corrected chi connectivity index (χ3v) is 4.50. The van der Waals surface area contributed by atoms with Gasteiger partial charge < -0.3 is 10.8 Å². The van der Waals surface area contributed by atoms with Crippen LogP contribution in [0, 0.1) is 5.92 Å². The van der Waals surface area contributed by atoms with Gasteiger partial charge in [0, 0.05) is 19.1 Å². The first-order chi connectivity index (χ1) is 9.13. The Hall–Kier alpha value is -0.770. The van der Waals surface area contributed by atoms with Crippen LogP contribution in [0.5, 0.6) is 5.75 Å². The van der Waals surface area contributed by atoms with Gasteiger partial charge in [0.25, 0.3) is 0 Å². The zero-order valence-electron chi connectivity index (χ0n) is 11.5. The lowest BCUT2D eigenvalue weighted by molar-refractivity contribution is 0.107. The molecule has 3 nitrogen and oxygen atoms in total. The Balaban J connectivity index is 2.03. The molecule has 0 saturated carbocycles. The Kier molecular flexibility index (Phi) is 5.08. The lowest BCUT2D eigenvalue weighted by Crippen LogP contribution is -2.45. The smallest absolute Gasteiger partial charge is 0.134 e. The molecule has 2 atom stereocenters. The van der Waals surface area contributed by atoms with Crippen molar-refractivity contribution >= 4 is 11.6 Å². The topological polar surface area (TPSA) is 49.5 Å². The average molecular weight is 283 g/mol. The minimum atomic E-state index is 0.144. The van der Waals surface area contributed by atoms with Crippen molar-refractivity contribution in [3.63, 3.8) is 0 Å². The predicted octanol–water partition coefficient (Wildman–Crippen LogP) is 2.99. The zero-order valence-corrected chi connectivity index (χ0v) is 12.2. The highest BCUT2D eigenvalue weighted by Gasteiger charge is 2.26. The average Bonchev–Trinajstić information content (AvgIpc) is 2.43. The molecule has 0 bridgehead atoms. The highest BCUT2D eigenvalue weighted by Crippen LogP contribution is 2.28. The van der Waals surface area contributed by atoms with E-state index in [1.54, 1.807) is 6.07 Å². The van der Waals surface area contributed by atoms with Crippen LogP contribution in [0.25, 0.3) is 0 Å². The van der Waals surface area contributed by atoms with Crippen molar-refractivity contribution in [3.05, 3.63) is 28.8 Å². The van der Waals surface area contributed by atoms with Gasteiger partial charge in [-0.3, -0.25) is 4.90 Å². The number of likely N-dealkylation sites (tertiary alicyclic amines) is 1. The molecule has 0 radical (unpaired) electrons. The fraction of sp³-hybridized carbons (Fsp3) is 0.600. The van der Waals surface area contributed by atoms with Crippen molar-refractivity contribution in [1.29, 1.82) is 0 Å². The number of nitrogens with zero attached hydrogens (tertiary/aromatic N) is 1. The minimum absolute atomic E-state index is 0.144. The number of aromatic hydroxyl groups is 1. The molecule has 1 aromatic rings. The van der Waals surface area contributed by atoms with Crippen molar-refractivity contribution in [2.45, 2.75) is 38.8 Å². The molecule has 1 aromatic carbocycles. The first-order valence-electron chi connectivity index (χ1n) is 7.05. The first kappa shape index (κ1) is 14.6. The third-order valence-electron chi connectivity index (χ3n) is 4.19. The summed E-state index contributed by atoms with van der Waals surface area (Å²) in [5.74, 6) is 0.957. The SMILES string of the molecule is CCC1CCN(Cc2ccc(O)c(Cl)c2)C(CN)C1. The maximum Gasteiger partial charge on any atom is 0.134 e. The summed E-state index contributed by atoms with van der Waals surface area (Å²) in [5.41, 5.74) is 7.05. The molecule has 3 N–H and O–H groups in total. The molecule has 0 amide bonds. The van der Waals surface area contributed by atoms with Crippen molar-refractivity contribution in [2.24, 2.45) is 11.7 Å². The largest absolute Gasteiger partial charge is 0.506 e. The molecule has 1 fully saturated rings. The zero-order chi connectivity index (χ0) is 13.8. The molecule has 1 aliphatic heterocycles. The number of nitrogens with two attached hydrogens (primary N) is 1. The maximum atomic E-state index is 9.45. The van der Waals surface area contributed by atoms with Gasteiger partial charge in [-0.15, -0.1) is 0 Å². The second-order valence-corrected chi connectivity index (χ2v) is 5.85. The lowest BCUT2D eigenvalue weighted by Gasteiger charge is -2.39. The standard InChI is InChI=1S/C15H23ClN2O/c1-2-11-5-6-18(13(7-11)9-17)10-12-3-4-15(19)14(16)8-12/h3-4,8,11,13,19H,2,5-7,9-10,17H2,1H3. The molecule has 1 heterocycles. The van der Waals surface area contributed by atoms with Crippen molar-refractivity contribution in [2.75, 3.05) is 13.1 Å². The van der Waals surface area contributed by atoms with Gasteiger partial charge in [0.15, 0.2) is 0 Å². The second kappa shape index (κ2) is 6.60. The van der Waals surface area contributed by atoms with Crippen LogP contribution in [0.15, 0.2) is 18.2 Å². The normalized spacial score (nSPS) is 24.6. The lowest BCUT2D eigenvalue weighted by atomic mass is 9.88. The van der Waals surface area contributed by atoms with E-state index < -0.39 is 0 Å². The highest BCUT2D eigenvalue weighted by molar-refractivity contribution is 6.32. The molecule has 19 heavy (non-hydrogen) atoms. The summed E-state index contributed by atoms with van der Waals surface area (Å²) in [4.78, 5) is 2.44. The van der Waals surface area contributed by atoms with Crippen LogP contribution < -0.4 is 5.73 Å². The summed E-state index contributed by atoms with van der Waals surface area (Å²) in [6.45, 7) is 4.92. The molecule has 0 aromatic heterocycles. The van der Waals surface area contributed by atoms with Gasteiger partial charge in [-0.2, -0.15) is 0 Å². The van der Waals surface area contributed by atoms with Gasteiger partial charge in [0.05, 0.1) is 5.02 Å². The van der Waals surface area contributed by atoms with Crippen LogP contribution in [0.1, 0.15) is 31.7 Å². The van der Waals surface area contributed by atoms with E-state index >= 15 is 0 Å². The summed E-state index contributed by atoms with van der Waals surface area (Å²) in [6, 6.07) is 5.90. The second-order valence-electron chi connectivity index (χ2n) is 5.44. The Morgan fingerprint density at radius 1 is 1.47 bits per heavy atom. The maximum absolute atomic E-state index is 9.45. The Labute approximate surface area is 120 Å². The predicted molar refractivity (Wildman–Crippen MR) is 79.4 cm³/mol. The Morgan fingerprint density at radius 2 is 2.26 bits per heavy atom. The van der Waals surface area contributed by atoms with Gasteiger partial charge in [-0.1, -0.05) is 31.0 Å². The first-order valence-corrected chi connectivity index (χ1v) is 7.43. The summed E-state index contributed by atoms with van der Waals surface area (Å²) >= 11 is 5.95. The molecule has 1 saturated heterocycles. The van der Waals surface area contributed by atoms with E-state index in [9.17, 15) is 5.11 Å². The van der Waals surface area contributed by atoms with Gasteiger partial charge in [-0.05, 0) is 43.0 Å². The van der Waals surface area contributed by atoms with E-state index in [-0.39, 0.29) is 5.75 Å². The van der Waals surface area contributed by atoms with Crippen LogP contribution in [-0.4, -0.2) is 29.1 Å². The molecule has 0 spiro atoms. The van der Waals surface area contributed by atoms with Crippen LogP contribution in [0.2, 0.25) is 5.02 Å². The van der Waals surface area contributed by atoms with E-state index in [0.29, 0.717) is 17.6 Å². The number of piperidine rings is 1. The Bertz CT molecular complexity index is 425. The van der Waals surface area contributed by atoms with Gasteiger partial charge in [-0.25, -0.2) is 0 Å². The van der Waals surface area contributed by atoms with Crippen molar-refractivity contribution in [3.8, 4) is 5.75 Å². The minimum Gasteiger partial charge on any atom is -0.506 e. The number of phenols is 1. The molecular formula is C15H23ClN2O. The van der Waals surface area contributed by atoms with E-state index in [0.717, 1.165) is 24.6 Å². The molecule has 4 heteroatoms. The molecular weight excluding hydrogens is 260 g/mol. The Morgan fingerprint density at radius 3 is 2.89 bits per heavy atom. The summed E-state index contributed by atoms with van der Waals surface area (Å²) in [6.07, 6.45) is 3.69. The number of rotatable bonds is 4. The van der Waals surface area contributed by atoms with Crippen LogP contribution >= 0.6 is 11.6 Å². The summed E-state index contributed by atoms with van der Waals surface area (Å²) in [5, 5.41) is 9.87. The van der Waals surface area contributed by atoms with Crippen LogP contribution in [0.4, 0.5) is 0 Å². The van der Waals surface area contributed by atoms with Gasteiger partial charge in [0.1, 0.15) is 5.75 Å². The number of phenolic OH excluding ortho intramolecular Hbond substituents is 1. The molecule has 2 unspecified atom stereocenters. The number of benzene rings is 1. The third kappa shape index (κ3) is 3.62. The molecule has 2 rings (SSSR count).